The number of carbonyl (C=O) groups excluding carboxylic acids is 1. The zero-order valence-corrected chi connectivity index (χ0v) is 10.9. The number of nitrogens with two attached hydrogens (primary N) is 1. The van der Waals surface area contributed by atoms with Crippen LogP contribution in [0.15, 0.2) is 12.3 Å². The molecule has 0 bridgehead atoms. The molecular weight excluding hydrogens is 254 g/mol. The van der Waals surface area contributed by atoms with Crippen LogP contribution in [-0.2, 0) is 0 Å². The standard InChI is InChI=1S/C12H16ClN3O2/c1-16(6-7-2-9(17)3-7)12(18)10-4-8(14)5-15-11(10)13/h4-5,7,9,17H,2-3,6,14H2,1H3. The van der Waals surface area contributed by atoms with Crippen LogP contribution in [0.4, 0.5) is 5.69 Å². The molecule has 5 nitrogen and oxygen atoms in total. The highest BCUT2D eigenvalue weighted by molar-refractivity contribution is 6.32. The van der Waals surface area contributed by atoms with E-state index in [1.807, 2.05) is 0 Å². The van der Waals surface area contributed by atoms with E-state index in [0.717, 1.165) is 12.8 Å². The molecule has 2 rings (SSSR count). The number of nitrogens with zero attached hydrogens (tertiary/aromatic N) is 2. The van der Waals surface area contributed by atoms with Gasteiger partial charge in [0.05, 0.1) is 23.6 Å². The number of anilines is 1. The van der Waals surface area contributed by atoms with Gasteiger partial charge in [-0.1, -0.05) is 11.6 Å². The van der Waals surface area contributed by atoms with Crippen molar-refractivity contribution < 1.29 is 9.90 Å². The van der Waals surface area contributed by atoms with Gasteiger partial charge in [-0.15, -0.1) is 0 Å². The van der Waals surface area contributed by atoms with E-state index < -0.39 is 0 Å². The lowest BCUT2D eigenvalue weighted by Crippen LogP contribution is -2.39. The van der Waals surface area contributed by atoms with Gasteiger partial charge in [0.2, 0.25) is 0 Å². The van der Waals surface area contributed by atoms with Gasteiger partial charge in [0.1, 0.15) is 5.15 Å². The van der Waals surface area contributed by atoms with Gasteiger partial charge in [0.25, 0.3) is 5.91 Å². The van der Waals surface area contributed by atoms with Crippen LogP contribution in [0.2, 0.25) is 5.15 Å². The van der Waals surface area contributed by atoms with Gasteiger partial charge < -0.3 is 15.7 Å². The molecule has 98 valence electrons. The minimum absolute atomic E-state index is 0.162. The average Bonchev–Trinajstić information content (AvgIpc) is 2.29. The van der Waals surface area contributed by atoms with Crippen molar-refractivity contribution in [1.29, 1.82) is 0 Å². The number of pyridine rings is 1. The van der Waals surface area contributed by atoms with Crippen LogP contribution in [0.3, 0.4) is 0 Å². The van der Waals surface area contributed by atoms with Crippen LogP contribution in [0.1, 0.15) is 23.2 Å². The van der Waals surface area contributed by atoms with E-state index in [1.54, 1.807) is 11.9 Å². The largest absolute Gasteiger partial charge is 0.397 e. The molecule has 0 unspecified atom stereocenters. The van der Waals surface area contributed by atoms with E-state index in [9.17, 15) is 9.90 Å². The fourth-order valence-corrected chi connectivity index (χ4v) is 2.32. The third-order valence-corrected chi connectivity index (χ3v) is 3.48. The SMILES string of the molecule is CN(CC1CC(O)C1)C(=O)c1cc(N)cnc1Cl. The van der Waals surface area contributed by atoms with E-state index in [4.69, 9.17) is 17.3 Å². The molecule has 3 N–H and O–H groups in total. The molecule has 6 heteroatoms. The maximum Gasteiger partial charge on any atom is 0.256 e. The fourth-order valence-electron chi connectivity index (χ4n) is 2.14. The van der Waals surface area contributed by atoms with E-state index >= 15 is 0 Å². The second-order valence-electron chi connectivity index (χ2n) is 4.78. The summed E-state index contributed by atoms with van der Waals surface area (Å²) in [6, 6.07) is 1.53. The normalized spacial score (nSPS) is 22.4. The second-order valence-corrected chi connectivity index (χ2v) is 5.14. The average molecular weight is 270 g/mol. The van der Waals surface area contributed by atoms with Crippen molar-refractivity contribution in [3.8, 4) is 0 Å². The molecule has 0 aromatic carbocycles. The Labute approximate surface area is 111 Å². The highest BCUT2D eigenvalue weighted by Crippen LogP contribution is 2.28. The maximum absolute atomic E-state index is 12.2. The Morgan fingerprint density at radius 3 is 2.94 bits per heavy atom. The van der Waals surface area contributed by atoms with Crippen molar-refractivity contribution in [2.24, 2.45) is 5.92 Å². The van der Waals surface area contributed by atoms with Crippen LogP contribution in [0.25, 0.3) is 0 Å². The number of rotatable bonds is 3. The number of aliphatic hydroxyl groups excluding tert-OH is 1. The van der Waals surface area contributed by atoms with Crippen LogP contribution in [0.5, 0.6) is 0 Å². The molecule has 0 atom stereocenters. The van der Waals surface area contributed by atoms with Crippen molar-refractivity contribution >= 4 is 23.2 Å². The number of aromatic nitrogens is 1. The Balaban J connectivity index is 2.03. The molecule has 0 aliphatic heterocycles. The molecule has 1 aliphatic carbocycles. The third kappa shape index (κ3) is 2.73. The lowest BCUT2D eigenvalue weighted by atomic mass is 9.82. The first-order valence-electron chi connectivity index (χ1n) is 5.82. The minimum Gasteiger partial charge on any atom is -0.397 e. The Bertz CT molecular complexity index is 461. The number of aliphatic hydroxyl groups is 1. The summed E-state index contributed by atoms with van der Waals surface area (Å²) < 4.78 is 0. The third-order valence-electron chi connectivity index (χ3n) is 3.18. The number of hydrogen-bond donors (Lipinski definition) is 2. The first kappa shape index (κ1) is 13.1. The minimum atomic E-state index is -0.212. The molecule has 1 fully saturated rings. The Morgan fingerprint density at radius 1 is 1.67 bits per heavy atom. The first-order valence-corrected chi connectivity index (χ1v) is 6.19. The molecule has 1 aliphatic rings. The topological polar surface area (TPSA) is 79.5 Å². The number of hydrogen-bond acceptors (Lipinski definition) is 4. The predicted octanol–water partition coefficient (Wildman–Crippen LogP) is 1.16. The van der Waals surface area contributed by atoms with Crippen LogP contribution >= 0.6 is 11.6 Å². The van der Waals surface area contributed by atoms with Gasteiger partial charge in [0.15, 0.2) is 0 Å². The van der Waals surface area contributed by atoms with E-state index in [-0.39, 0.29) is 17.2 Å². The second kappa shape index (κ2) is 5.12. The molecule has 1 saturated carbocycles. The maximum atomic E-state index is 12.2. The van der Waals surface area contributed by atoms with Crippen molar-refractivity contribution in [3.05, 3.63) is 23.0 Å². The summed E-state index contributed by atoms with van der Waals surface area (Å²) in [4.78, 5) is 17.6. The van der Waals surface area contributed by atoms with Crippen molar-refractivity contribution in [2.75, 3.05) is 19.3 Å². The lowest BCUT2D eigenvalue weighted by molar-refractivity contribution is 0.0265. The van der Waals surface area contributed by atoms with Crippen LogP contribution < -0.4 is 5.73 Å². The fraction of sp³-hybridized carbons (Fsp3) is 0.500. The van der Waals surface area contributed by atoms with E-state index in [0.29, 0.717) is 23.7 Å². The van der Waals surface area contributed by atoms with Gasteiger partial charge in [-0.2, -0.15) is 0 Å². The van der Waals surface area contributed by atoms with Gasteiger partial charge in [-0.3, -0.25) is 4.79 Å². The molecular formula is C12H16ClN3O2. The van der Waals surface area contributed by atoms with Gasteiger partial charge >= 0.3 is 0 Å². The smallest absolute Gasteiger partial charge is 0.256 e. The zero-order chi connectivity index (χ0) is 13.3. The Kier molecular flexibility index (Phi) is 3.73. The van der Waals surface area contributed by atoms with Crippen LogP contribution in [0, 0.1) is 5.92 Å². The van der Waals surface area contributed by atoms with E-state index in [2.05, 4.69) is 4.98 Å². The summed E-state index contributed by atoms with van der Waals surface area (Å²) in [5, 5.41) is 9.38. The summed E-state index contributed by atoms with van der Waals surface area (Å²) in [7, 11) is 1.71. The van der Waals surface area contributed by atoms with Crippen molar-refractivity contribution in [1.82, 2.24) is 9.88 Å². The van der Waals surface area contributed by atoms with Crippen molar-refractivity contribution in [2.45, 2.75) is 18.9 Å². The molecule has 1 amide bonds. The predicted molar refractivity (Wildman–Crippen MR) is 69.4 cm³/mol. The molecule has 1 heterocycles. The molecule has 1 aromatic rings. The Morgan fingerprint density at radius 2 is 2.33 bits per heavy atom. The van der Waals surface area contributed by atoms with Gasteiger partial charge in [-0.25, -0.2) is 4.98 Å². The van der Waals surface area contributed by atoms with Gasteiger partial charge in [-0.05, 0) is 24.8 Å². The summed E-state index contributed by atoms with van der Waals surface area (Å²) >= 11 is 5.89. The summed E-state index contributed by atoms with van der Waals surface area (Å²) in [6.45, 7) is 0.612. The number of halogens is 1. The highest BCUT2D eigenvalue weighted by atomic mass is 35.5. The highest BCUT2D eigenvalue weighted by Gasteiger charge is 2.29. The molecule has 0 saturated heterocycles. The molecule has 18 heavy (non-hydrogen) atoms. The summed E-state index contributed by atoms with van der Waals surface area (Å²) in [5.74, 6) is 0.169. The zero-order valence-electron chi connectivity index (χ0n) is 10.1. The van der Waals surface area contributed by atoms with Crippen LogP contribution in [-0.4, -0.2) is 40.6 Å². The first-order chi connectivity index (χ1) is 8.47. The molecule has 0 spiro atoms. The Hall–Kier alpha value is -1.33. The quantitative estimate of drug-likeness (QED) is 0.807. The molecule has 0 radical (unpaired) electrons. The summed E-state index contributed by atoms with van der Waals surface area (Å²) in [5.41, 5.74) is 6.33. The number of carbonyl (C=O) groups is 1. The van der Waals surface area contributed by atoms with Gasteiger partial charge in [0, 0.05) is 13.6 Å². The lowest BCUT2D eigenvalue weighted by Gasteiger charge is -2.34. The number of nitrogen functional groups attached to an aromatic ring is 1. The van der Waals surface area contributed by atoms with E-state index in [1.165, 1.54) is 12.3 Å². The monoisotopic (exact) mass is 269 g/mol. The molecule has 1 aromatic heterocycles. The number of amides is 1. The summed E-state index contributed by atoms with van der Waals surface area (Å²) in [6.07, 6.45) is 2.71. The van der Waals surface area contributed by atoms with Crippen molar-refractivity contribution in [3.63, 3.8) is 0 Å².